The molecule has 0 fully saturated rings. The summed E-state index contributed by atoms with van der Waals surface area (Å²) >= 11 is 0. The Labute approximate surface area is 83.6 Å². The van der Waals surface area contributed by atoms with Crippen molar-refractivity contribution in [3.63, 3.8) is 0 Å². The molecule has 0 aliphatic carbocycles. The molecule has 76 valence electrons. The normalized spacial score (nSPS) is 13.3. The van der Waals surface area contributed by atoms with E-state index in [4.69, 9.17) is 0 Å². The third kappa shape index (κ3) is 9.65. The van der Waals surface area contributed by atoms with Crippen LogP contribution in [0.25, 0.3) is 0 Å². The van der Waals surface area contributed by atoms with Gasteiger partial charge in [0.15, 0.2) is 0 Å². The summed E-state index contributed by atoms with van der Waals surface area (Å²) in [4.78, 5) is 0. The Morgan fingerprint density at radius 3 is 2.31 bits per heavy atom. The lowest BCUT2D eigenvalue weighted by Crippen LogP contribution is -2.17. The molecule has 1 atom stereocenters. The second-order valence-electron chi connectivity index (χ2n) is 4.53. The van der Waals surface area contributed by atoms with Crippen molar-refractivity contribution in [3.05, 3.63) is 0 Å². The average Bonchev–Trinajstić information content (AvgIpc) is 2.00. The molecule has 0 saturated carbocycles. The Balaban J connectivity index is 3.71. The van der Waals surface area contributed by atoms with Gasteiger partial charge < -0.3 is 5.11 Å². The highest BCUT2D eigenvalue weighted by Crippen LogP contribution is 2.03. The minimum absolute atomic E-state index is 0.390. The second kappa shape index (κ2) is 6.23. The van der Waals surface area contributed by atoms with E-state index in [-0.39, 0.29) is 0 Å². The molecule has 0 amide bonds. The van der Waals surface area contributed by atoms with Gasteiger partial charge >= 0.3 is 0 Å². The maximum atomic E-state index is 9.49. The molecule has 1 N–H and O–H groups in total. The molecule has 0 aromatic heterocycles. The molecule has 0 rings (SSSR count). The maximum absolute atomic E-state index is 9.49. The Morgan fingerprint density at radius 2 is 1.85 bits per heavy atom. The van der Waals surface area contributed by atoms with Crippen LogP contribution in [0.3, 0.4) is 0 Å². The van der Waals surface area contributed by atoms with Crippen molar-refractivity contribution in [1.29, 1.82) is 0 Å². The fourth-order valence-corrected chi connectivity index (χ4v) is 1.56. The smallest absolute Gasteiger partial charge is 0.129 e. The summed E-state index contributed by atoms with van der Waals surface area (Å²) in [5.74, 6) is 2.95. The van der Waals surface area contributed by atoms with E-state index in [9.17, 15) is 5.11 Å². The van der Waals surface area contributed by atoms with Crippen LogP contribution in [0.15, 0.2) is 0 Å². The van der Waals surface area contributed by atoms with Gasteiger partial charge in [0.1, 0.15) is 14.2 Å². The minimum Gasteiger partial charge on any atom is -0.380 e. The van der Waals surface area contributed by atoms with Crippen LogP contribution in [-0.4, -0.2) is 19.3 Å². The fourth-order valence-electron chi connectivity index (χ4n) is 0.960. The first-order valence-electron chi connectivity index (χ1n) is 5.16. The first kappa shape index (κ1) is 12.7. The molecule has 0 unspecified atom stereocenters. The zero-order chi connectivity index (χ0) is 10.3. The van der Waals surface area contributed by atoms with Crippen molar-refractivity contribution in [3.8, 4) is 11.5 Å². The van der Waals surface area contributed by atoms with E-state index in [0.717, 1.165) is 12.8 Å². The third-order valence-electron chi connectivity index (χ3n) is 1.69. The van der Waals surface area contributed by atoms with Gasteiger partial charge in [0.25, 0.3) is 0 Å². The van der Waals surface area contributed by atoms with E-state index in [1.165, 1.54) is 12.8 Å². The van der Waals surface area contributed by atoms with Crippen molar-refractivity contribution in [1.82, 2.24) is 0 Å². The lowest BCUT2D eigenvalue weighted by molar-refractivity contribution is 0.217. The van der Waals surface area contributed by atoms with Gasteiger partial charge in [0.05, 0.1) is 0 Å². The molecule has 0 bridgehead atoms. The van der Waals surface area contributed by atoms with E-state index in [0.29, 0.717) is 0 Å². The van der Waals surface area contributed by atoms with Crippen LogP contribution in [0.4, 0.5) is 0 Å². The summed E-state index contributed by atoms with van der Waals surface area (Å²) in [6.45, 7) is 8.75. The minimum atomic E-state index is -1.29. The van der Waals surface area contributed by atoms with Crippen LogP contribution < -0.4 is 0 Å². The first-order chi connectivity index (χ1) is 5.95. The molecule has 0 saturated heterocycles. The van der Waals surface area contributed by atoms with Crippen LogP contribution in [0.2, 0.25) is 19.6 Å². The molecule has 0 spiro atoms. The van der Waals surface area contributed by atoms with E-state index in [1.54, 1.807) is 0 Å². The lowest BCUT2D eigenvalue weighted by Gasteiger charge is -2.06. The summed E-state index contributed by atoms with van der Waals surface area (Å²) in [6, 6.07) is 0. The molecule has 13 heavy (non-hydrogen) atoms. The second-order valence-corrected chi connectivity index (χ2v) is 9.28. The van der Waals surface area contributed by atoms with Gasteiger partial charge in [0.2, 0.25) is 0 Å². The lowest BCUT2D eigenvalue weighted by atomic mass is 10.1. The van der Waals surface area contributed by atoms with Gasteiger partial charge in [0, 0.05) is 0 Å². The highest BCUT2D eigenvalue weighted by molar-refractivity contribution is 6.83. The molecular weight excluding hydrogens is 176 g/mol. The number of rotatable bonds is 4. The zero-order valence-electron chi connectivity index (χ0n) is 9.35. The standard InChI is InChI=1S/C11H22OSi/c1-5-6-7-8-11(12)9-10-13(2,3)4/h11-12H,5-8H2,1-4H3/t11-/m1/s1. The van der Waals surface area contributed by atoms with Gasteiger partial charge in [-0.05, 0) is 12.8 Å². The average molecular weight is 198 g/mol. The summed E-state index contributed by atoms with van der Waals surface area (Å²) in [5, 5.41) is 9.49. The SMILES string of the molecule is CCCCC[C@@H](O)C#C[Si](C)(C)C. The topological polar surface area (TPSA) is 20.2 Å². The van der Waals surface area contributed by atoms with E-state index in [1.807, 2.05) is 0 Å². The highest BCUT2D eigenvalue weighted by atomic mass is 28.3. The van der Waals surface area contributed by atoms with Gasteiger partial charge in [-0.1, -0.05) is 45.3 Å². The Hall–Kier alpha value is -0.263. The van der Waals surface area contributed by atoms with Crippen molar-refractivity contribution in [2.45, 2.75) is 58.4 Å². The maximum Gasteiger partial charge on any atom is 0.129 e. The highest BCUT2D eigenvalue weighted by Gasteiger charge is 2.08. The van der Waals surface area contributed by atoms with Crippen LogP contribution in [0.1, 0.15) is 32.6 Å². The molecule has 0 aromatic rings. The first-order valence-corrected chi connectivity index (χ1v) is 8.66. The van der Waals surface area contributed by atoms with Crippen molar-refractivity contribution < 1.29 is 5.11 Å². The van der Waals surface area contributed by atoms with Crippen molar-refractivity contribution in [2.24, 2.45) is 0 Å². The summed E-state index contributed by atoms with van der Waals surface area (Å²) in [6.07, 6.45) is 3.95. The van der Waals surface area contributed by atoms with Gasteiger partial charge in [-0.25, -0.2) is 0 Å². The van der Waals surface area contributed by atoms with E-state index < -0.39 is 14.2 Å². The quantitative estimate of drug-likeness (QED) is 0.418. The number of unbranched alkanes of at least 4 members (excludes halogenated alkanes) is 2. The van der Waals surface area contributed by atoms with Crippen molar-refractivity contribution in [2.75, 3.05) is 0 Å². The fraction of sp³-hybridized carbons (Fsp3) is 0.818. The Kier molecular flexibility index (Phi) is 6.10. The number of hydrogen-bond donors (Lipinski definition) is 1. The van der Waals surface area contributed by atoms with Crippen LogP contribution in [0.5, 0.6) is 0 Å². The molecule has 0 heterocycles. The zero-order valence-corrected chi connectivity index (χ0v) is 10.4. The number of aliphatic hydroxyl groups is 1. The largest absolute Gasteiger partial charge is 0.380 e. The predicted molar refractivity (Wildman–Crippen MR) is 61.3 cm³/mol. The molecule has 0 radical (unpaired) electrons. The summed E-state index contributed by atoms with van der Waals surface area (Å²) in [7, 11) is -1.29. The van der Waals surface area contributed by atoms with E-state index >= 15 is 0 Å². The molecular formula is C11H22OSi. The Morgan fingerprint density at radius 1 is 1.23 bits per heavy atom. The monoisotopic (exact) mass is 198 g/mol. The van der Waals surface area contributed by atoms with Crippen LogP contribution in [0, 0.1) is 11.5 Å². The predicted octanol–water partition coefficient (Wildman–Crippen LogP) is 2.81. The molecule has 1 nitrogen and oxygen atoms in total. The molecule has 0 aromatic carbocycles. The van der Waals surface area contributed by atoms with Crippen molar-refractivity contribution >= 4 is 8.07 Å². The molecule has 0 aliphatic heterocycles. The van der Waals surface area contributed by atoms with Gasteiger partial charge in [-0.3, -0.25) is 0 Å². The van der Waals surface area contributed by atoms with Gasteiger partial charge in [-0.2, -0.15) is 0 Å². The number of hydrogen-bond acceptors (Lipinski definition) is 1. The van der Waals surface area contributed by atoms with Crippen LogP contribution >= 0.6 is 0 Å². The summed E-state index contributed by atoms with van der Waals surface area (Å²) in [5.41, 5.74) is 3.19. The Bertz CT molecular complexity index is 182. The molecule has 2 heteroatoms. The van der Waals surface area contributed by atoms with Gasteiger partial charge in [-0.15, -0.1) is 5.54 Å². The van der Waals surface area contributed by atoms with Crippen LogP contribution in [-0.2, 0) is 0 Å². The number of aliphatic hydroxyl groups excluding tert-OH is 1. The van der Waals surface area contributed by atoms with E-state index in [2.05, 4.69) is 38.0 Å². The summed E-state index contributed by atoms with van der Waals surface area (Å²) < 4.78 is 0. The third-order valence-corrected chi connectivity index (χ3v) is 2.59. The molecule has 0 aliphatic rings.